The summed E-state index contributed by atoms with van der Waals surface area (Å²) in [5.74, 6) is -0.894. The van der Waals surface area contributed by atoms with E-state index >= 15 is 0 Å². The Balaban J connectivity index is 1.29. The first-order chi connectivity index (χ1) is 16.4. The third-order valence-electron chi connectivity index (χ3n) is 5.77. The number of nitrogens with zero attached hydrogens (tertiary/aromatic N) is 2. The molecule has 7 nitrogen and oxygen atoms in total. The number of hydrogen-bond acceptors (Lipinski definition) is 5. The molecule has 1 aromatic heterocycles. The van der Waals surface area contributed by atoms with Crippen LogP contribution in [0.5, 0.6) is 0 Å². The van der Waals surface area contributed by atoms with Crippen LogP contribution in [0.2, 0.25) is 0 Å². The second-order valence-electron chi connectivity index (χ2n) is 8.21. The van der Waals surface area contributed by atoms with Crippen molar-refractivity contribution in [1.82, 2.24) is 15.2 Å². The molecule has 3 amide bonds. The summed E-state index contributed by atoms with van der Waals surface area (Å²) in [6, 6.07) is 13.2. The third-order valence-corrected chi connectivity index (χ3v) is 6.53. The van der Waals surface area contributed by atoms with Crippen molar-refractivity contribution >= 4 is 34.2 Å². The number of amides is 3. The van der Waals surface area contributed by atoms with Gasteiger partial charge in [-0.05, 0) is 42.7 Å². The van der Waals surface area contributed by atoms with Crippen molar-refractivity contribution in [1.29, 1.82) is 0 Å². The number of rotatable bonds is 6. The van der Waals surface area contributed by atoms with Crippen molar-refractivity contribution in [3.8, 4) is 11.3 Å². The minimum absolute atomic E-state index is 0.0749. The Hall–Kier alpha value is -3.59. The third kappa shape index (κ3) is 5.85. The van der Waals surface area contributed by atoms with Gasteiger partial charge in [0.15, 0.2) is 5.13 Å². The van der Waals surface area contributed by atoms with Gasteiger partial charge in [-0.2, -0.15) is 0 Å². The fourth-order valence-electron chi connectivity index (χ4n) is 3.81. The SMILES string of the molecule is CC(=O)NCc1ccc(-c2csc(NC(=O)C3CCN(C(=O)c4ccc(F)cc4)CC3)n2)cc1. The van der Waals surface area contributed by atoms with Crippen LogP contribution in [0.4, 0.5) is 9.52 Å². The molecule has 4 rings (SSSR count). The first-order valence-corrected chi connectivity index (χ1v) is 11.9. The molecule has 0 radical (unpaired) electrons. The highest BCUT2D eigenvalue weighted by Crippen LogP contribution is 2.27. The molecule has 34 heavy (non-hydrogen) atoms. The van der Waals surface area contributed by atoms with Gasteiger partial charge in [0.2, 0.25) is 11.8 Å². The number of aromatic nitrogens is 1. The Labute approximate surface area is 201 Å². The van der Waals surface area contributed by atoms with Gasteiger partial charge in [0, 0.05) is 49.0 Å². The van der Waals surface area contributed by atoms with Gasteiger partial charge in [-0.15, -0.1) is 11.3 Å². The smallest absolute Gasteiger partial charge is 0.253 e. The molecule has 9 heteroatoms. The minimum Gasteiger partial charge on any atom is -0.352 e. The zero-order valence-electron chi connectivity index (χ0n) is 18.7. The van der Waals surface area contributed by atoms with Crippen LogP contribution in [0.25, 0.3) is 11.3 Å². The molecule has 2 aromatic carbocycles. The number of likely N-dealkylation sites (tertiary alicyclic amines) is 1. The van der Waals surface area contributed by atoms with Gasteiger partial charge in [-0.25, -0.2) is 9.37 Å². The molecule has 1 aliphatic heterocycles. The summed E-state index contributed by atoms with van der Waals surface area (Å²) in [5, 5.41) is 8.09. The van der Waals surface area contributed by atoms with E-state index in [0.29, 0.717) is 43.2 Å². The van der Waals surface area contributed by atoms with Crippen LogP contribution in [-0.2, 0) is 16.1 Å². The Kier molecular flexibility index (Phi) is 7.32. The predicted molar refractivity (Wildman–Crippen MR) is 129 cm³/mol. The first kappa shape index (κ1) is 23.6. The van der Waals surface area contributed by atoms with Crippen molar-refractivity contribution in [2.24, 2.45) is 5.92 Å². The Morgan fingerprint density at radius 1 is 1.06 bits per heavy atom. The van der Waals surface area contributed by atoms with Crippen molar-refractivity contribution in [2.75, 3.05) is 18.4 Å². The van der Waals surface area contributed by atoms with Crippen LogP contribution in [-0.4, -0.2) is 40.7 Å². The highest BCUT2D eigenvalue weighted by atomic mass is 32.1. The largest absolute Gasteiger partial charge is 0.352 e. The second kappa shape index (κ2) is 10.6. The predicted octanol–water partition coefficient (Wildman–Crippen LogP) is 4.08. The van der Waals surface area contributed by atoms with E-state index in [1.807, 2.05) is 29.6 Å². The van der Waals surface area contributed by atoms with Crippen molar-refractivity contribution in [3.05, 3.63) is 70.9 Å². The monoisotopic (exact) mass is 480 g/mol. The maximum atomic E-state index is 13.1. The Morgan fingerprint density at radius 2 is 1.74 bits per heavy atom. The lowest BCUT2D eigenvalue weighted by Crippen LogP contribution is -2.41. The highest BCUT2D eigenvalue weighted by molar-refractivity contribution is 7.14. The van der Waals surface area contributed by atoms with E-state index in [2.05, 4.69) is 15.6 Å². The van der Waals surface area contributed by atoms with Crippen molar-refractivity contribution in [2.45, 2.75) is 26.3 Å². The summed E-state index contributed by atoms with van der Waals surface area (Å²) < 4.78 is 13.1. The molecule has 1 aliphatic rings. The molecule has 0 saturated carbocycles. The van der Waals surface area contributed by atoms with Gasteiger partial charge in [0.25, 0.3) is 5.91 Å². The minimum atomic E-state index is -0.378. The lowest BCUT2D eigenvalue weighted by Gasteiger charge is -2.31. The molecule has 2 N–H and O–H groups in total. The van der Waals surface area contributed by atoms with Crippen LogP contribution in [0.1, 0.15) is 35.7 Å². The zero-order valence-corrected chi connectivity index (χ0v) is 19.5. The average molecular weight is 481 g/mol. The number of piperidine rings is 1. The molecule has 0 spiro atoms. The molecule has 176 valence electrons. The molecule has 3 aromatic rings. The van der Waals surface area contributed by atoms with E-state index in [4.69, 9.17) is 0 Å². The number of anilines is 1. The van der Waals surface area contributed by atoms with E-state index in [1.54, 1.807) is 4.90 Å². The van der Waals surface area contributed by atoms with E-state index in [1.165, 1.54) is 42.5 Å². The topological polar surface area (TPSA) is 91.4 Å². The number of benzene rings is 2. The number of carbonyl (C=O) groups is 3. The van der Waals surface area contributed by atoms with E-state index in [-0.39, 0.29) is 29.5 Å². The summed E-state index contributed by atoms with van der Waals surface area (Å²) in [5.41, 5.74) is 3.14. The van der Waals surface area contributed by atoms with E-state index < -0.39 is 0 Å². The zero-order chi connectivity index (χ0) is 24.1. The van der Waals surface area contributed by atoms with Crippen molar-refractivity contribution < 1.29 is 18.8 Å². The fourth-order valence-corrected chi connectivity index (χ4v) is 4.53. The van der Waals surface area contributed by atoms with Gasteiger partial charge < -0.3 is 15.5 Å². The quantitative estimate of drug-likeness (QED) is 0.556. The normalized spacial score (nSPS) is 14.0. The lowest BCUT2D eigenvalue weighted by atomic mass is 9.95. The van der Waals surface area contributed by atoms with Crippen LogP contribution < -0.4 is 10.6 Å². The van der Waals surface area contributed by atoms with E-state index in [9.17, 15) is 18.8 Å². The standard InChI is InChI=1S/C25H25FN4O3S/c1-16(31)27-14-17-2-4-18(5-3-17)22-15-34-25(28-22)29-23(32)19-10-12-30(13-11-19)24(33)20-6-8-21(26)9-7-20/h2-9,15,19H,10-14H2,1H3,(H,27,31)(H,28,29,32). The molecule has 1 saturated heterocycles. The van der Waals surface area contributed by atoms with Crippen LogP contribution in [0.15, 0.2) is 53.9 Å². The molecular weight excluding hydrogens is 455 g/mol. The maximum absolute atomic E-state index is 13.1. The van der Waals surface area contributed by atoms with Crippen LogP contribution in [0.3, 0.4) is 0 Å². The van der Waals surface area contributed by atoms with Gasteiger partial charge in [-0.1, -0.05) is 24.3 Å². The average Bonchev–Trinajstić information content (AvgIpc) is 3.31. The Bertz CT molecular complexity index is 1170. The number of halogens is 1. The van der Waals surface area contributed by atoms with Crippen molar-refractivity contribution in [3.63, 3.8) is 0 Å². The summed E-state index contributed by atoms with van der Waals surface area (Å²) in [7, 11) is 0. The molecule has 1 fully saturated rings. The summed E-state index contributed by atoms with van der Waals surface area (Å²) in [6.45, 7) is 2.91. The van der Waals surface area contributed by atoms with Crippen LogP contribution >= 0.6 is 11.3 Å². The number of hydrogen-bond donors (Lipinski definition) is 2. The molecule has 0 atom stereocenters. The molecule has 2 heterocycles. The summed E-state index contributed by atoms with van der Waals surface area (Å²) >= 11 is 1.36. The number of nitrogens with one attached hydrogen (secondary N) is 2. The summed E-state index contributed by atoms with van der Waals surface area (Å²) in [6.07, 6.45) is 1.12. The Morgan fingerprint density at radius 3 is 2.38 bits per heavy atom. The van der Waals surface area contributed by atoms with Crippen LogP contribution in [0, 0.1) is 11.7 Å². The molecule has 0 unspecified atom stereocenters. The number of thiazole rings is 1. The highest BCUT2D eigenvalue weighted by Gasteiger charge is 2.28. The molecule has 0 bridgehead atoms. The van der Waals surface area contributed by atoms with E-state index in [0.717, 1.165) is 16.8 Å². The maximum Gasteiger partial charge on any atom is 0.253 e. The van der Waals surface area contributed by atoms with Gasteiger partial charge in [0.05, 0.1) is 5.69 Å². The van der Waals surface area contributed by atoms with Gasteiger partial charge in [-0.3, -0.25) is 14.4 Å². The number of carbonyl (C=O) groups excluding carboxylic acids is 3. The molecule has 0 aliphatic carbocycles. The summed E-state index contributed by atoms with van der Waals surface area (Å²) in [4.78, 5) is 42.6. The van der Waals surface area contributed by atoms with Gasteiger partial charge in [0.1, 0.15) is 5.82 Å². The first-order valence-electron chi connectivity index (χ1n) is 11.0. The fraction of sp³-hybridized carbons (Fsp3) is 0.280. The second-order valence-corrected chi connectivity index (χ2v) is 9.07. The lowest BCUT2D eigenvalue weighted by molar-refractivity contribution is -0.121. The molecular formula is C25H25FN4O3S. The van der Waals surface area contributed by atoms with Gasteiger partial charge >= 0.3 is 0 Å².